The summed E-state index contributed by atoms with van der Waals surface area (Å²) in [6, 6.07) is 1.79. The van der Waals surface area contributed by atoms with Crippen molar-refractivity contribution in [3.63, 3.8) is 0 Å². The second kappa shape index (κ2) is 13.8. The van der Waals surface area contributed by atoms with Gasteiger partial charge in [-0.25, -0.2) is 0 Å². The van der Waals surface area contributed by atoms with Gasteiger partial charge in [0.2, 0.25) is 0 Å². The molecule has 1 aromatic heterocycles. The highest BCUT2D eigenvalue weighted by molar-refractivity contribution is 14.0. The van der Waals surface area contributed by atoms with Crippen molar-refractivity contribution in [2.24, 2.45) is 10.9 Å². The van der Waals surface area contributed by atoms with Crippen molar-refractivity contribution in [3.05, 3.63) is 23.7 Å². The highest BCUT2D eigenvalue weighted by Gasteiger charge is 2.13. The van der Waals surface area contributed by atoms with Crippen LogP contribution in [0, 0.1) is 12.8 Å². The lowest BCUT2D eigenvalue weighted by Crippen LogP contribution is -2.39. The van der Waals surface area contributed by atoms with Gasteiger partial charge in [0, 0.05) is 32.2 Å². The summed E-state index contributed by atoms with van der Waals surface area (Å²) in [5, 5.41) is 9.54. The van der Waals surface area contributed by atoms with Crippen LogP contribution >= 0.6 is 24.0 Å². The molecular weight excluding hydrogens is 455 g/mol. The molecule has 1 aromatic rings. The lowest BCUT2D eigenvalue weighted by molar-refractivity contribution is 0.0925. The molecule has 0 radical (unpaired) electrons. The van der Waals surface area contributed by atoms with E-state index >= 15 is 0 Å². The number of amides is 1. The zero-order valence-corrected chi connectivity index (χ0v) is 19.0. The fraction of sp³-hybridized carbons (Fsp3) is 0.700. The topological polar surface area (TPSA) is 78.7 Å². The van der Waals surface area contributed by atoms with Crippen molar-refractivity contribution in [3.8, 4) is 0 Å². The molecule has 1 heterocycles. The number of carbonyl (C=O) groups is 1. The number of aryl methyl sites for hydroxylation is 1. The first-order valence-electron chi connectivity index (χ1n) is 9.97. The molecule has 1 aliphatic carbocycles. The maximum absolute atomic E-state index is 11.9. The van der Waals surface area contributed by atoms with E-state index in [1.54, 1.807) is 13.1 Å². The van der Waals surface area contributed by atoms with Crippen LogP contribution in [-0.4, -0.2) is 38.5 Å². The minimum Gasteiger partial charge on any atom is -0.459 e. The summed E-state index contributed by atoms with van der Waals surface area (Å²) >= 11 is 0. The Bertz CT molecular complexity index is 568. The van der Waals surface area contributed by atoms with Gasteiger partial charge in [0.1, 0.15) is 0 Å². The van der Waals surface area contributed by atoms with E-state index in [2.05, 4.69) is 20.9 Å². The Labute approximate surface area is 180 Å². The van der Waals surface area contributed by atoms with Gasteiger partial charge < -0.3 is 20.4 Å². The molecule has 1 fully saturated rings. The van der Waals surface area contributed by atoms with Crippen LogP contribution in [0.2, 0.25) is 0 Å². The third-order valence-corrected chi connectivity index (χ3v) is 5.03. The number of hydrogen-bond acceptors (Lipinski definition) is 3. The molecule has 0 aromatic carbocycles. The first kappa shape index (κ1) is 23.8. The first-order chi connectivity index (χ1) is 12.7. The van der Waals surface area contributed by atoms with Gasteiger partial charge in [0.15, 0.2) is 11.7 Å². The molecule has 1 aliphatic rings. The van der Waals surface area contributed by atoms with Crippen molar-refractivity contribution < 1.29 is 9.21 Å². The molecule has 0 bridgehead atoms. The maximum atomic E-state index is 11.9. The first-order valence-corrected chi connectivity index (χ1v) is 9.97. The quantitative estimate of drug-likeness (QED) is 0.213. The molecule has 1 amide bonds. The van der Waals surface area contributed by atoms with Crippen molar-refractivity contribution in [1.29, 1.82) is 0 Å². The van der Waals surface area contributed by atoms with E-state index < -0.39 is 0 Å². The maximum Gasteiger partial charge on any atom is 0.287 e. The van der Waals surface area contributed by atoms with Crippen molar-refractivity contribution in [2.45, 2.75) is 58.3 Å². The summed E-state index contributed by atoms with van der Waals surface area (Å²) in [7, 11) is 1.79. The Hall–Kier alpha value is -1.25. The predicted molar refractivity (Wildman–Crippen MR) is 121 cm³/mol. The average Bonchev–Trinajstić information content (AvgIpc) is 3.10. The molecule has 6 nitrogen and oxygen atoms in total. The van der Waals surface area contributed by atoms with Gasteiger partial charge in [-0.15, -0.1) is 24.0 Å². The Morgan fingerprint density at radius 1 is 1.11 bits per heavy atom. The Balaban J connectivity index is 0.00000364. The number of carbonyl (C=O) groups excluding carboxylic acids is 1. The van der Waals surface area contributed by atoms with Crippen LogP contribution in [0.1, 0.15) is 67.5 Å². The predicted octanol–water partition coefficient (Wildman–Crippen LogP) is 3.85. The van der Waals surface area contributed by atoms with Gasteiger partial charge in [-0.05, 0) is 38.2 Å². The zero-order chi connectivity index (χ0) is 18.6. The Morgan fingerprint density at radius 3 is 2.41 bits per heavy atom. The smallest absolute Gasteiger partial charge is 0.287 e. The van der Waals surface area contributed by atoms with E-state index in [1.807, 2.05) is 6.92 Å². The van der Waals surface area contributed by atoms with E-state index in [4.69, 9.17) is 4.42 Å². The highest BCUT2D eigenvalue weighted by atomic mass is 127. The molecule has 2 rings (SSSR count). The minimum absolute atomic E-state index is 0. The van der Waals surface area contributed by atoms with Crippen LogP contribution in [0.4, 0.5) is 0 Å². The Morgan fingerprint density at radius 2 is 1.78 bits per heavy atom. The van der Waals surface area contributed by atoms with E-state index in [1.165, 1.54) is 51.2 Å². The molecule has 0 saturated heterocycles. The number of aliphatic imine (C=N–C) groups is 1. The molecule has 154 valence electrons. The van der Waals surface area contributed by atoms with Gasteiger partial charge in [-0.2, -0.15) is 0 Å². The summed E-state index contributed by atoms with van der Waals surface area (Å²) in [6.45, 7) is 4.19. The molecule has 1 saturated carbocycles. The van der Waals surface area contributed by atoms with E-state index in [0.29, 0.717) is 12.3 Å². The molecule has 0 atom stereocenters. The molecular formula is C20H35IN4O2. The second-order valence-electron chi connectivity index (χ2n) is 7.11. The van der Waals surface area contributed by atoms with Crippen LogP contribution in [-0.2, 0) is 0 Å². The molecule has 27 heavy (non-hydrogen) atoms. The Kier molecular flexibility index (Phi) is 12.2. The number of nitrogens with zero attached hydrogens (tertiary/aromatic N) is 1. The SMILES string of the molecule is CN=C(NCCCNC(=O)c1occc1C)NCCCC1CCCCC1.I. The van der Waals surface area contributed by atoms with Gasteiger partial charge in [-0.3, -0.25) is 9.79 Å². The van der Waals surface area contributed by atoms with Gasteiger partial charge >= 0.3 is 0 Å². The van der Waals surface area contributed by atoms with Gasteiger partial charge in [0.05, 0.1) is 6.26 Å². The summed E-state index contributed by atoms with van der Waals surface area (Å²) in [5.74, 6) is 2.01. The fourth-order valence-corrected chi connectivity index (χ4v) is 3.48. The molecule has 3 N–H and O–H groups in total. The number of nitrogens with one attached hydrogen (secondary N) is 3. The summed E-state index contributed by atoms with van der Waals surface area (Å²) in [6.07, 6.45) is 12.0. The standard InChI is InChI=1S/C20H34N4O2.HI/c1-16-11-15-26-18(16)19(25)22-13-7-14-24-20(21-2)23-12-6-10-17-8-4-3-5-9-17;/h11,15,17H,3-10,12-14H2,1-2H3,(H,22,25)(H2,21,23,24);1H. The zero-order valence-electron chi connectivity index (χ0n) is 16.7. The van der Waals surface area contributed by atoms with Crippen molar-refractivity contribution in [2.75, 3.05) is 26.7 Å². The van der Waals surface area contributed by atoms with Crippen LogP contribution in [0.3, 0.4) is 0 Å². The number of guanidine groups is 1. The summed E-state index contributed by atoms with van der Waals surface area (Å²) in [4.78, 5) is 16.2. The summed E-state index contributed by atoms with van der Waals surface area (Å²) < 4.78 is 5.18. The van der Waals surface area contributed by atoms with Crippen LogP contribution in [0.25, 0.3) is 0 Å². The molecule has 0 unspecified atom stereocenters. The summed E-state index contributed by atoms with van der Waals surface area (Å²) in [5.41, 5.74) is 0.860. The normalized spacial score (nSPS) is 15.1. The van der Waals surface area contributed by atoms with E-state index in [9.17, 15) is 4.79 Å². The lowest BCUT2D eigenvalue weighted by atomic mass is 9.86. The van der Waals surface area contributed by atoms with Gasteiger partial charge in [0.25, 0.3) is 5.91 Å². The van der Waals surface area contributed by atoms with E-state index in [0.717, 1.165) is 37.0 Å². The third kappa shape index (κ3) is 8.99. The van der Waals surface area contributed by atoms with Gasteiger partial charge in [-0.1, -0.05) is 32.1 Å². The van der Waals surface area contributed by atoms with Crippen molar-refractivity contribution in [1.82, 2.24) is 16.0 Å². The van der Waals surface area contributed by atoms with Crippen LogP contribution in [0.15, 0.2) is 21.7 Å². The number of hydrogen-bond donors (Lipinski definition) is 3. The molecule has 0 aliphatic heterocycles. The molecule has 0 spiro atoms. The number of rotatable bonds is 9. The van der Waals surface area contributed by atoms with Crippen LogP contribution in [0.5, 0.6) is 0 Å². The fourth-order valence-electron chi connectivity index (χ4n) is 3.48. The minimum atomic E-state index is -0.155. The average molecular weight is 490 g/mol. The third-order valence-electron chi connectivity index (χ3n) is 5.03. The van der Waals surface area contributed by atoms with Crippen molar-refractivity contribution >= 4 is 35.8 Å². The second-order valence-corrected chi connectivity index (χ2v) is 7.11. The molecule has 7 heteroatoms. The van der Waals surface area contributed by atoms with E-state index in [-0.39, 0.29) is 29.9 Å². The van der Waals surface area contributed by atoms with Crippen LogP contribution < -0.4 is 16.0 Å². The lowest BCUT2D eigenvalue weighted by Gasteiger charge is -2.21. The highest BCUT2D eigenvalue weighted by Crippen LogP contribution is 2.26. The number of halogens is 1. The largest absolute Gasteiger partial charge is 0.459 e. The monoisotopic (exact) mass is 490 g/mol. The number of furan rings is 1.